The molecule has 2 aromatic rings. The fraction of sp³-hybridized carbons (Fsp3) is 0.188. The maximum atomic E-state index is 12.8. The van der Waals surface area contributed by atoms with E-state index in [1.165, 1.54) is 13.0 Å². The summed E-state index contributed by atoms with van der Waals surface area (Å²) in [5.74, 6) is -1.09. The standard InChI is InChI=1S/C16H10F6N2O3/c1-8-2-3-9(4-13(8)24(26)27)14(25)23-12-6-10(15(17,18)19)5-11(7-12)16(20,21)22/h2-7H,1H3,(H,23,25). The highest BCUT2D eigenvalue weighted by Gasteiger charge is 2.37. The molecular weight excluding hydrogens is 382 g/mol. The van der Waals surface area contributed by atoms with Crippen LogP contribution < -0.4 is 5.32 Å². The van der Waals surface area contributed by atoms with E-state index in [9.17, 15) is 41.3 Å². The van der Waals surface area contributed by atoms with E-state index < -0.39 is 45.7 Å². The highest BCUT2D eigenvalue weighted by Crippen LogP contribution is 2.37. The van der Waals surface area contributed by atoms with Gasteiger partial charge in [-0.3, -0.25) is 14.9 Å². The number of benzene rings is 2. The van der Waals surface area contributed by atoms with Crippen LogP contribution in [-0.4, -0.2) is 10.8 Å². The molecule has 0 unspecified atom stereocenters. The Bertz CT molecular complexity index is 874. The summed E-state index contributed by atoms with van der Waals surface area (Å²) >= 11 is 0. The Balaban J connectivity index is 2.43. The number of nitro benzene ring substituents is 1. The SMILES string of the molecule is Cc1ccc(C(=O)Nc2cc(C(F)(F)F)cc(C(F)(F)F)c2)cc1[N+](=O)[O-]. The summed E-state index contributed by atoms with van der Waals surface area (Å²) in [4.78, 5) is 22.2. The lowest BCUT2D eigenvalue weighted by atomic mass is 10.1. The fourth-order valence-corrected chi connectivity index (χ4v) is 2.18. The van der Waals surface area contributed by atoms with E-state index in [2.05, 4.69) is 0 Å². The van der Waals surface area contributed by atoms with Crippen LogP contribution in [0.4, 0.5) is 37.7 Å². The molecule has 0 aliphatic heterocycles. The van der Waals surface area contributed by atoms with Crippen LogP contribution in [0.1, 0.15) is 27.0 Å². The molecule has 0 radical (unpaired) electrons. The second-order valence-electron chi connectivity index (χ2n) is 5.51. The first-order chi connectivity index (χ1) is 12.3. The van der Waals surface area contributed by atoms with Gasteiger partial charge in [0.05, 0.1) is 16.1 Å². The highest BCUT2D eigenvalue weighted by atomic mass is 19.4. The largest absolute Gasteiger partial charge is 0.416 e. The molecule has 2 aromatic carbocycles. The first-order valence-corrected chi connectivity index (χ1v) is 7.15. The third kappa shape index (κ3) is 4.74. The molecule has 0 fully saturated rings. The van der Waals surface area contributed by atoms with Gasteiger partial charge in [0, 0.05) is 22.9 Å². The number of carbonyl (C=O) groups excluding carboxylic acids is 1. The number of carbonyl (C=O) groups is 1. The van der Waals surface area contributed by atoms with Crippen molar-refractivity contribution in [1.29, 1.82) is 0 Å². The van der Waals surface area contributed by atoms with E-state index in [-0.39, 0.29) is 17.2 Å². The molecule has 0 saturated heterocycles. The van der Waals surface area contributed by atoms with E-state index in [0.29, 0.717) is 12.1 Å². The van der Waals surface area contributed by atoms with Gasteiger partial charge in [0.1, 0.15) is 0 Å². The number of nitrogens with one attached hydrogen (secondary N) is 1. The minimum Gasteiger partial charge on any atom is -0.322 e. The van der Waals surface area contributed by atoms with E-state index >= 15 is 0 Å². The molecule has 2 rings (SSSR count). The van der Waals surface area contributed by atoms with E-state index in [4.69, 9.17) is 0 Å². The molecule has 0 bridgehead atoms. The molecule has 0 atom stereocenters. The topological polar surface area (TPSA) is 72.2 Å². The van der Waals surface area contributed by atoms with E-state index in [1.807, 2.05) is 5.32 Å². The van der Waals surface area contributed by atoms with Gasteiger partial charge in [-0.2, -0.15) is 26.3 Å². The maximum absolute atomic E-state index is 12.8. The Labute approximate surface area is 147 Å². The second kappa shape index (κ2) is 6.89. The van der Waals surface area contributed by atoms with Crippen LogP contribution in [0.2, 0.25) is 0 Å². The van der Waals surface area contributed by atoms with Gasteiger partial charge in [0.2, 0.25) is 0 Å². The monoisotopic (exact) mass is 392 g/mol. The summed E-state index contributed by atoms with van der Waals surface area (Å²) in [6.45, 7) is 1.40. The van der Waals surface area contributed by atoms with Crippen LogP contribution >= 0.6 is 0 Å². The van der Waals surface area contributed by atoms with Gasteiger partial charge < -0.3 is 5.32 Å². The molecule has 1 amide bonds. The van der Waals surface area contributed by atoms with Crippen molar-refractivity contribution in [1.82, 2.24) is 0 Å². The number of halogens is 6. The number of alkyl halides is 6. The van der Waals surface area contributed by atoms with Crippen molar-refractivity contribution in [2.24, 2.45) is 0 Å². The van der Waals surface area contributed by atoms with Gasteiger partial charge in [-0.05, 0) is 31.2 Å². The van der Waals surface area contributed by atoms with Gasteiger partial charge >= 0.3 is 12.4 Å². The van der Waals surface area contributed by atoms with Crippen molar-refractivity contribution in [3.05, 3.63) is 68.8 Å². The molecule has 1 N–H and O–H groups in total. The number of aryl methyl sites for hydroxylation is 1. The Morgan fingerprint density at radius 1 is 0.963 bits per heavy atom. The lowest BCUT2D eigenvalue weighted by Crippen LogP contribution is -2.16. The number of hydrogen-bond donors (Lipinski definition) is 1. The lowest BCUT2D eigenvalue weighted by Gasteiger charge is -2.15. The van der Waals surface area contributed by atoms with Crippen molar-refractivity contribution in [2.45, 2.75) is 19.3 Å². The zero-order valence-corrected chi connectivity index (χ0v) is 13.4. The van der Waals surface area contributed by atoms with Crippen LogP contribution in [-0.2, 0) is 12.4 Å². The third-order valence-corrected chi connectivity index (χ3v) is 3.51. The summed E-state index contributed by atoms with van der Waals surface area (Å²) in [6, 6.07) is 3.89. The van der Waals surface area contributed by atoms with E-state index in [1.54, 1.807) is 0 Å². The average molecular weight is 392 g/mol. The molecule has 27 heavy (non-hydrogen) atoms. The predicted octanol–water partition coefficient (Wildman–Crippen LogP) is 5.19. The fourth-order valence-electron chi connectivity index (χ4n) is 2.18. The Hall–Kier alpha value is -3.11. The Morgan fingerprint density at radius 2 is 1.48 bits per heavy atom. The zero-order chi connectivity index (χ0) is 20.6. The highest BCUT2D eigenvalue weighted by molar-refractivity contribution is 6.04. The minimum atomic E-state index is -5.07. The van der Waals surface area contributed by atoms with Gasteiger partial charge in [0.25, 0.3) is 11.6 Å². The van der Waals surface area contributed by atoms with Crippen molar-refractivity contribution < 1.29 is 36.1 Å². The average Bonchev–Trinajstić information content (AvgIpc) is 2.53. The molecule has 0 saturated carbocycles. The first-order valence-electron chi connectivity index (χ1n) is 7.15. The van der Waals surface area contributed by atoms with Crippen LogP contribution in [0.5, 0.6) is 0 Å². The van der Waals surface area contributed by atoms with Crippen LogP contribution in [0, 0.1) is 17.0 Å². The summed E-state index contributed by atoms with van der Waals surface area (Å²) in [5, 5.41) is 12.8. The van der Waals surface area contributed by atoms with E-state index in [0.717, 1.165) is 12.1 Å². The molecule has 0 aromatic heterocycles. The van der Waals surface area contributed by atoms with Crippen LogP contribution in [0.3, 0.4) is 0 Å². The van der Waals surface area contributed by atoms with Crippen molar-refractivity contribution in [2.75, 3.05) is 5.32 Å². The molecule has 0 aliphatic carbocycles. The molecule has 144 valence electrons. The quantitative estimate of drug-likeness (QED) is 0.444. The lowest BCUT2D eigenvalue weighted by molar-refractivity contribution is -0.385. The van der Waals surface area contributed by atoms with Crippen LogP contribution in [0.25, 0.3) is 0 Å². The first kappa shape index (κ1) is 20.2. The normalized spacial score (nSPS) is 12.0. The number of hydrogen-bond acceptors (Lipinski definition) is 3. The number of nitro groups is 1. The predicted molar refractivity (Wildman–Crippen MR) is 82.2 cm³/mol. The number of amides is 1. The zero-order valence-electron chi connectivity index (χ0n) is 13.4. The van der Waals surface area contributed by atoms with Crippen molar-refractivity contribution in [3.63, 3.8) is 0 Å². The van der Waals surface area contributed by atoms with Gasteiger partial charge in [-0.1, -0.05) is 6.07 Å². The van der Waals surface area contributed by atoms with Crippen LogP contribution in [0.15, 0.2) is 36.4 Å². The number of anilines is 1. The summed E-state index contributed by atoms with van der Waals surface area (Å²) in [5.41, 5.74) is -4.41. The molecule has 5 nitrogen and oxygen atoms in total. The third-order valence-electron chi connectivity index (χ3n) is 3.51. The van der Waals surface area contributed by atoms with Gasteiger partial charge in [-0.25, -0.2) is 0 Å². The number of rotatable bonds is 3. The molecule has 0 aliphatic rings. The molecule has 11 heteroatoms. The minimum absolute atomic E-state index is 0.0770. The number of nitrogens with zero attached hydrogens (tertiary/aromatic N) is 1. The summed E-state index contributed by atoms with van der Waals surface area (Å²) < 4.78 is 77.0. The van der Waals surface area contributed by atoms with Gasteiger partial charge in [0.15, 0.2) is 0 Å². The molecular formula is C16H10F6N2O3. The maximum Gasteiger partial charge on any atom is 0.416 e. The second-order valence-corrected chi connectivity index (χ2v) is 5.51. The molecule has 0 spiro atoms. The van der Waals surface area contributed by atoms with Crippen molar-refractivity contribution in [3.8, 4) is 0 Å². The Morgan fingerprint density at radius 3 is 1.93 bits per heavy atom. The molecule has 0 heterocycles. The summed E-state index contributed by atoms with van der Waals surface area (Å²) in [7, 11) is 0. The smallest absolute Gasteiger partial charge is 0.322 e. The summed E-state index contributed by atoms with van der Waals surface area (Å²) in [6.07, 6.45) is -10.1. The van der Waals surface area contributed by atoms with Gasteiger partial charge in [-0.15, -0.1) is 0 Å². The Kier molecular flexibility index (Phi) is 5.16. The van der Waals surface area contributed by atoms with Crippen molar-refractivity contribution >= 4 is 17.3 Å².